The summed E-state index contributed by atoms with van der Waals surface area (Å²) in [6.45, 7) is 8.25. The quantitative estimate of drug-likeness (QED) is 0.724. The highest BCUT2D eigenvalue weighted by Gasteiger charge is 2.35. The lowest BCUT2D eigenvalue weighted by Crippen LogP contribution is -2.47. The van der Waals surface area contributed by atoms with Gasteiger partial charge in [0.15, 0.2) is 0 Å². The van der Waals surface area contributed by atoms with E-state index in [-0.39, 0.29) is 24.1 Å². The van der Waals surface area contributed by atoms with Gasteiger partial charge in [-0.3, -0.25) is 4.90 Å². The van der Waals surface area contributed by atoms with Gasteiger partial charge in [0.05, 0.1) is 29.7 Å². The number of para-hydroxylation sites is 1. The number of morpholine rings is 1. The van der Waals surface area contributed by atoms with Crippen molar-refractivity contribution in [1.29, 1.82) is 0 Å². The lowest BCUT2D eigenvalue weighted by atomic mass is 10.0. The molecule has 0 saturated carbocycles. The molecule has 1 fully saturated rings. The van der Waals surface area contributed by atoms with Crippen LogP contribution >= 0.6 is 11.3 Å². The molecule has 1 aliphatic rings. The van der Waals surface area contributed by atoms with Gasteiger partial charge in [-0.15, -0.1) is 0 Å². The number of aromatic hydroxyl groups is 1. The van der Waals surface area contributed by atoms with Crippen molar-refractivity contribution in [3.05, 3.63) is 41.0 Å². The lowest BCUT2D eigenvalue weighted by Gasteiger charge is -2.40. The summed E-state index contributed by atoms with van der Waals surface area (Å²) in [4.78, 5) is 8.09. The maximum absolute atomic E-state index is 10.9. The Morgan fingerprint density at radius 3 is 2.74 bits per heavy atom. The summed E-state index contributed by atoms with van der Waals surface area (Å²) in [5, 5.41) is 15.0. The van der Waals surface area contributed by atoms with Gasteiger partial charge in [-0.25, -0.2) is 4.98 Å². The van der Waals surface area contributed by atoms with Crippen LogP contribution in [0, 0.1) is 0 Å². The zero-order valence-corrected chi connectivity index (χ0v) is 16.5. The molecule has 7 nitrogen and oxygen atoms in total. The number of hydrogen-bond donors (Lipinski definition) is 1. The normalized spacial score (nSPS) is 22.2. The van der Waals surface area contributed by atoms with Crippen LogP contribution < -0.4 is 4.74 Å². The minimum absolute atomic E-state index is 0.111. The van der Waals surface area contributed by atoms with E-state index in [1.54, 1.807) is 0 Å². The molecule has 1 saturated heterocycles. The minimum Gasteiger partial charge on any atom is -0.494 e. The van der Waals surface area contributed by atoms with Crippen LogP contribution in [0.3, 0.4) is 0 Å². The maximum Gasteiger partial charge on any atom is 0.230 e. The Balaban J connectivity index is 1.85. The lowest BCUT2D eigenvalue weighted by molar-refractivity contribution is -0.0766. The fourth-order valence-electron chi connectivity index (χ4n) is 3.80. The van der Waals surface area contributed by atoms with Crippen molar-refractivity contribution in [3.8, 4) is 11.6 Å². The van der Waals surface area contributed by atoms with Gasteiger partial charge in [0.1, 0.15) is 12.1 Å². The van der Waals surface area contributed by atoms with Gasteiger partial charge in [-0.2, -0.15) is 9.61 Å². The molecule has 2 aromatic heterocycles. The van der Waals surface area contributed by atoms with Crippen LogP contribution in [0.25, 0.3) is 4.96 Å². The number of ether oxygens (including phenoxy) is 2. The molecule has 0 spiro atoms. The Kier molecular flexibility index (Phi) is 5.03. The standard InChI is InChI=1S/C19H24N4O3S/c1-4-25-15-8-6-5-7-14(15)16(22-9-12(2)26-13(3)10-22)17-18(24)23-19(27-17)20-11-21-23/h5-8,11-13,16,24H,4,9-10H2,1-3H3. The number of fused-ring (bicyclic) bond motifs is 1. The van der Waals surface area contributed by atoms with Gasteiger partial charge >= 0.3 is 0 Å². The van der Waals surface area contributed by atoms with Crippen molar-refractivity contribution < 1.29 is 14.6 Å². The summed E-state index contributed by atoms with van der Waals surface area (Å²) < 4.78 is 13.3. The van der Waals surface area contributed by atoms with E-state index in [0.717, 1.165) is 29.3 Å². The van der Waals surface area contributed by atoms with Crippen molar-refractivity contribution in [2.45, 2.75) is 39.0 Å². The maximum atomic E-state index is 10.9. The third-order valence-corrected chi connectivity index (χ3v) is 5.80. The highest BCUT2D eigenvalue weighted by Crippen LogP contribution is 2.43. The van der Waals surface area contributed by atoms with Crippen LogP contribution in [0.15, 0.2) is 30.6 Å². The van der Waals surface area contributed by atoms with Crippen molar-refractivity contribution >= 4 is 16.3 Å². The number of rotatable bonds is 5. The molecule has 8 heteroatoms. The molecule has 0 aliphatic carbocycles. The number of nitrogens with zero attached hydrogens (tertiary/aromatic N) is 4. The highest BCUT2D eigenvalue weighted by molar-refractivity contribution is 7.17. The van der Waals surface area contributed by atoms with E-state index in [4.69, 9.17) is 9.47 Å². The van der Waals surface area contributed by atoms with E-state index in [1.807, 2.05) is 25.1 Å². The molecule has 1 aliphatic heterocycles. The van der Waals surface area contributed by atoms with Crippen LogP contribution in [0.2, 0.25) is 0 Å². The zero-order chi connectivity index (χ0) is 19.0. The van der Waals surface area contributed by atoms with Gasteiger partial charge in [0, 0.05) is 18.7 Å². The summed E-state index contributed by atoms with van der Waals surface area (Å²) in [5.74, 6) is 0.964. The Hall–Kier alpha value is -2.16. The second-order valence-corrected chi connectivity index (χ2v) is 7.84. The van der Waals surface area contributed by atoms with Crippen molar-refractivity contribution in [1.82, 2.24) is 19.5 Å². The first-order chi connectivity index (χ1) is 13.1. The zero-order valence-electron chi connectivity index (χ0n) is 15.7. The second kappa shape index (κ2) is 7.46. The molecule has 3 atom stereocenters. The van der Waals surface area contributed by atoms with Crippen molar-refractivity contribution in [3.63, 3.8) is 0 Å². The van der Waals surface area contributed by atoms with Gasteiger partial charge in [0.25, 0.3) is 0 Å². The Labute approximate surface area is 162 Å². The van der Waals surface area contributed by atoms with Crippen LogP contribution in [-0.2, 0) is 4.74 Å². The summed E-state index contributed by atoms with van der Waals surface area (Å²) in [5.41, 5.74) is 1.03. The van der Waals surface area contributed by atoms with Gasteiger partial charge in [0.2, 0.25) is 10.8 Å². The third-order valence-electron chi connectivity index (χ3n) is 4.71. The Morgan fingerprint density at radius 1 is 1.30 bits per heavy atom. The first-order valence-electron chi connectivity index (χ1n) is 9.21. The van der Waals surface area contributed by atoms with Crippen LogP contribution in [-0.4, -0.2) is 56.5 Å². The molecule has 0 bridgehead atoms. The smallest absolute Gasteiger partial charge is 0.230 e. The molecule has 0 amide bonds. The van der Waals surface area contributed by atoms with E-state index in [9.17, 15) is 5.11 Å². The average Bonchev–Trinajstić information content (AvgIpc) is 3.20. The van der Waals surface area contributed by atoms with Crippen molar-refractivity contribution in [2.24, 2.45) is 0 Å². The highest BCUT2D eigenvalue weighted by atomic mass is 32.1. The van der Waals surface area contributed by atoms with Crippen molar-refractivity contribution in [2.75, 3.05) is 19.7 Å². The number of aromatic nitrogens is 3. The molecule has 3 unspecified atom stereocenters. The Bertz CT molecular complexity index is 915. The molecule has 1 aromatic carbocycles. The van der Waals surface area contributed by atoms with Gasteiger partial charge in [-0.05, 0) is 26.8 Å². The minimum atomic E-state index is -0.157. The third kappa shape index (κ3) is 3.40. The van der Waals surface area contributed by atoms with Gasteiger partial charge in [-0.1, -0.05) is 29.5 Å². The predicted molar refractivity (Wildman–Crippen MR) is 104 cm³/mol. The molecule has 4 rings (SSSR count). The van der Waals surface area contributed by atoms with E-state index in [2.05, 4.69) is 34.9 Å². The first-order valence-corrected chi connectivity index (χ1v) is 10.0. The average molecular weight is 388 g/mol. The molecule has 27 heavy (non-hydrogen) atoms. The molecular weight excluding hydrogens is 364 g/mol. The van der Waals surface area contributed by atoms with Crippen LogP contribution in [0.5, 0.6) is 11.6 Å². The SMILES string of the molecule is CCOc1ccccc1C(c1sc2ncnn2c1O)N1CC(C)OC(C)C1. The number of benzene rings is 1. The molecule has 144 valence electrons. The van der Waals surface area contributed by atoms with Crippen LogP contribution in [0.1, 0.15) is 37.3 Å². The molecule has 1 N–H and O–H groups in total. The predicted octanol–water partition coefficient (Wildman–Crippen LogP) is 3.09. The molecule has 3 aromatic rings. The summed E-state index contributed by atoms with van der Waals surface area (Å²) >= 11 is 1.46. The fourth-order valence-corrected chi connectivity index (χ4v) is 4.88. The number of thiazole rings is 1. The van der Waals surface area contributed by atoms with E-state index in [1.165, 1.54) is 22.2 Å². The van der Waals surface area contributed by atoms with E-state index in [0.29, 0.717) is 11.6 Å². The van der Waals surface area contributed by atoms with Crippen LogP contribution in [0.4, 0.5) is 0 Å². The molecular formula is C19H24N4O3S. The Morgan fingerprint density at radius 2 is 2.04 bits per heavy atom. The largest absolute Gasteiger partial charge is 0.494 e. The first kappa shape index (κ1) is 18.2. The summed E-state index contributed by atoms with van der Waals surface area (Å²) in [7, 11) is 0. The molecule has 0 radical (unpaired) electrons. The van der Waals surface area contributed by atoms with E-state index >= 15 is 0 Å². The second-order valence-electron chi connectivity index (χ2n) is 6.83. The van der Waals surface area contributed by atoms with E-state index < -0.39 is 0 Å². The summed E-state index contributed by atoms with van der Waals surface area (Å²) in [6, 6.07) is 7.86. The van der Waals surface area contributed by atoms with Gasteiger partial charge < -0.3 is 14.6 Å². The number of hydrogen-bond acceptors (Lipinski definition) is 7. The molecule has 3 heterocycles. The topological polar surface area (TPSA) is 72.1 Å². The fraction of sp³-hybridized carbons (Fsp3) is 0.474. The summed E-state index contributed by atoms with van der Waals surface area (Å²) in [6.07, 6.45) is 1.68. The monoisotopic (exact) mass is 388 g/mol.